The van der Waals surface area contributed by atoms with Crippen LogP contribution in [0.15, 0.2) is 22.5 Å². The SMILES string of the molecule is CC(F)(F)CCC1CSc2cc(OCc3scnc3C(=O)O)c(C(F)(F)F)cc2N(C2CCC(F)(F)CC2)C1. The summed E-state index contributed by atoms with van der Waals surface area (Å²) >= 11 is 2.15. The third-order valence-electron chi connectivity index (χ3n) is 6.93. The molecule has 14 heteroatoms. The van der Waals surface area contributed by atoms with Crippen LogP contribution in [0, 0.1) is 5.92 Å². The van der Waals surface area contributed by atoms with Gasteiger partial charge in [0, 0.05) is 42.5 Å². The van der Waals surface area contributed by atoms with Gasteiger partial charge in [-0.05, 0) is 44.2 Å². The first-order valence-electron chi connectivity index (χ1n) is 12.3. The smallest absolute Gasteiger partial charge is 0.420 e. The van der Waals surface area contributed by atoms with Crippen LogP contribution in [-0.4, -0.2) is 46.2 Å². The number of hydrogen-bond acceptors (Lipinski definition) is 6. The molecule has 4 rings (SSSR count). The number of benzene rings is 1. The van der Waals surface area contributed by atoms with Crippen molar-refractivity contribution in [2.24, 2.45) is 5.92 Å². The van der Waals surface area contributed by atoms with E-state index in [9.17, 15) is 40.6 Å². The topological polar surface area (TPSA) is 62.7 Å². The Kier molecular flexibility index (Phi) is 8.65. The van der Waals surface area contributed by atoms with Gasteiger partial charge >= 0.3 is 12.1 Å². The average molecular weight is 601 g/mol. The Balaban J connectivity index is 1.69. The van der Waals surface area contributed by atoms with Gasteiger partial charge in [0.1, 0.15) is 12.4 Å². The van der Waals surface area contributed by atoms with Crippen LogP contribution in [0.4, 0.5) is 36.4 Å². The molecule has 1 aliphatic heterocycles. The molecule has 1 aromatic carbocycles. The number of thioether (sulfide) groups is 1. The lowest BCUT2D eigenvalue weighted by Gasteiger charge is -2.40. The van der Waals surface area contributed by atoms with Crippen LogP contribution in [0.2, 0.25) is 0 Å². The minimum absolute atomic E-state index is 0.0662. The van der Waals surface area contributed by atoms with Crippen molar-refractivity contribution in [2.45, 2.75) is 81.0 Å². The van der Waals surface area contributed by atoms with Gasteiger partial charge in [0.2, 0.25) is 11.8 Å². The number of alkyl halides is 7. The highest BCUT2D eigenvalue weighted by Crippen LogP contribution is 2.48. The first-order chi connectivity index (χ1) is 18.1. The Morgan fingerprint density at radius 1 is 1.21 bits per heavy atom. The van der Waals surface area contributed by atoms with Gasteiger partial charge in [0.05, 0.1) is 21.6 Å². The van der Waals surface area contributed by atoms with Crippen LogP contribution in [0.3, 0.4) is 0 Å². The van der Waals surface area contributed by atoms with Crippen molar-refractivity contribution < 1.29 is 45.4 Å². The molecule has 1 unspecified atom stereocenters. The third kappa shape index (κ3) is 7.50. The number of rotatable bonds is 8. The Hall–Kier alpha value is -2.22. The van der Waals surface area contributed by atoms with E-state index in [0.717, 1.165) is 24.3 Å². The van der Waals surface area contributed by atoms with Crippen LogP contribution in [0.5, 0.6) is 5.75 Å². The molecule has 1 fully saturated rings. The number of thiazole rings is 1. The molecule has 1 aromatic heterocycles. The Morgan fingerprint density at radius 3 is 2.51 bits per heavy atom. The van der Waals surface area contributed by atoms with E-state index < -0.39 is 67.2 Å². The van der Waals surface area contributed by atoms with E-state index in [-0.39, 0.29) is 48.0 Å². The number of carboxylic acid groups (broad SMARTS) is 1. The van der Waals surface area contributed by atoms with Gasteiger partial charge in [-0.1, -0.05) is 0 Å². The zero-order chi connectivity index (χ0) is 28.6. The molecule has 5 nitrogen and oxygen atoms in total. The van der Waals surface area contributed by atoms with Crippen molar-refractivity contribution in [3.8, 4) is 5.75 Å². The molecule has 2 aliphatic rings. The molecule has 0 radical (unpaired) electrons. The second-order valence-electron chi connectivity index (χ2n) is 10.1. The number of aromatic nitrogens is 1. The Labute approximate surface area is 228 Å². The zero-order valence-corrected chi connectivity index (χ0v) is 22.5. The molecule has 0 amide bonds. The Morgan fingerprint density at radius 2 is 1.90 bits per heavy atom. The minimum atomic E-state index is -4.83. The number of carboxylic acids is 1. The van der Waals surface area contributed by atoms with Gasteiger partial charge in [-0.25, -0.2) is 27.3 Å². The van der Waals surface area contributed by atoms with Crippen LogP contribution < -0.4 is 9.64 Å². The van der Waals surface area contributed by atoms with E-state index in [4.69, 9.17) is 4.74 Å². The predicted molar refractivity (Wildman–Crippen MR) is 133 cm³/mol. The molecular formula is C25H27F7N2O3S2. The van der Waals surface area contributed by atoms with Crippen LogP contribution >= 0.6 is 23.1 Å². The fraction of sp³-hybridized carbons (Fsp3) is 0.600. The van der Waals surface area contributed by atoms with Crippen molar-refractivity contribution in [1.82, 2.24) is 4.98 Å². The fourth-order valence-electron chi connectivity index (χ4n) is 4.87. The minimum Gasteiger partial charge on any atom is -0.487 e. The summed E-state index contributed by atoms with van der Waals surface area (Å²) in [5.74, 6) is -7.54. The molecule has 0 saturated heterocycles. The molecule has 39 heavy (non-hydrogen) atoms. The monoisotopic (exact) mass is 600 g/mol. The van der Waals surface area contributed by atoms with E-state index in [1.165, 1.54) is 23.3 Å². The summed E-state index contributed by atoms with van der Waals surface area (Å²) in [4.78, 5) is 17.3. The summed E-state index contributed by atoms with van der Waals surface area (Å²) in [6.07, 6.45) is -5.77. The number of carbonyl (C=O) groups is 1. The highest BCUT2D eigenvalue weighted by atomic mass is 32.2. The number of ether oxygens (including phenoxy) is 1. The molecule has 216 valence electrons. The van der Waals surface area contributed by atoms with Gasteiger partial charge in [0.25, 0.3) is 0 Å². The molecule has 1 N–H and O–H groups in total. The lowest BCUT2D eigenvalue weighted by Crippen LogP contribution is -2.43. The van der Waals surface area contributed by atoms with Gasteiger partial charge in [0.15, 0.2) is 5.69 Å². The molecule has 1 atom stereocenters. The fourth-order valence-corrected chi connectivity index (χ4v) is 6.74. The maximum absolute atomic E-state index is 14.2. The Bertz CT molecular complexity index is 1170. The zero-order valence-electron chi connectivity index (χ0n) is 20.9. The second kappa shape index (κ2) is 11.3. The molecule has 0 spiro atoms. The summed E-state index contributed by atoms with van der Waals surface area (Å²) in [5.41, 5.74) is 0.0664. The number of halogens is 7. The molecule has 2 heterocycles. The van der Waals surface area contributed by atoms with E-state index in [1.54, 1.807) is 4.90 Å². The first kappa shape index (κ1) is 29.8. The van der Waals surface area contributed by atoms with Crippen molar-refractivity contribution in [3.63, 3.8) is 0 Å². The lowest BCUT2D eigenvalue weighted by atomic mass is 9.89. The van der Waals surface area contributed by atoms with Crippen LogP contribution in [-0.2, 0) is 12.8 Å². The second-order valence-corrected chi connectivity index (χ2v) is 12.1. The van der Waals surface area contributed by atoms with Gasteiger partial charge < -0.3 is 14.7 Å². The standard InChI is InChI=1S/C25H27F7N2O3S2/c1-23(26,27)5-2-14-10-34(15-3-6-24(28,29)7-4-15)17-8-16(25(30,31)32)18(9-19(17)38-12-14)37-11-20-21(22(35)36)33-13-39-20/h8-9,13-15H,2-7,10-12H2,1H3,(H,35,36). The number of nitrogens with zero attached hydrogens (tertiary/aromatic N) is 2. The van der Waals surface area contributed by atoms with Crippen molar-refractivity contribution in [1.29, 1.82) is 0 Å². The average Bonchev–Trinajstić information content (AvgIpc) is 3.23. The quantitative estimate of drug-likeness (QED) is 0.310. The highest BCUT2D eigenvalue weighted by molar-refractivity contribution is 7.99. The number of fused-ring (bicyclic) bond motifs is 1. The molecule has 2 aromatic rings. The maximum atomic E-state index is 14.2. The van der Waals surface area contributed by atoms with Crippen molar-refractivity contribution in [2.75, 3.05) is 17.2 Å². The third-order valence-corrected chi connectivity index (χ3v) is 9.01. The summed E-state index contributed by atoms with van der Waals surface area (Å²) in [6.45, 7) is 0.534. The first-order valence-corrected chi connectivity index (χ1v) is 14.2. The van der Waals surface area contributed by atoms with Gasteiger partial charge in [-0.2, -0.15) is 13.2 Å². The predicted octanol–water partition coefficient (Wildman–Crippen LogP) is 7.98. The lowest BCUT2D eigenvalue weighted by molar-refractivity contribution is -0.139. The van der Waals surface area contributed by atoms with Gasteiger partial charge in [-0.15, -0.1) is 23.1 Å². The number of anilines is 1. The summed E-state index contributed by atoms with van der Waals surface area (Å²) in [6, 6.07) is 1.70. The maximum Gasteiger partial charge on any atom is 0.420 e. The number of aromatic carboxylic acids is 1. The largest absolute Gasteiger partial charge is 0.487 e. The molecule has 1 aliphatic carbocycles. The van der Waals surface area contributed by atoms with E-state index in [0.29, 0.717) is 10.6 Å². The van der Waals surface area contributed by atoms with Crippen molar-refractivity contribution >= 4 is 34.8 Å². The summed E-state index contributed by atoms with van der Waals surface area (Å²) in [7, 11) is 0. The molecule has 1 saturated carbocycles. The van der Waals surface area contributed by atoms with Crippen molar-refractivity contribution in [3.05, 3.63) is 33.8 Å². The van der Waals surface area contributed by atoms with Crippen LogP contribution in [0.25, 0.3) is 0 Å². The van der Waals surface area contributed by atoms with Gasteiger partial charge in [-0.3, -0.25) is 0 Å². The van der Waals surface area contributed by atoms with E-state index >= 15 is 0 Å². The summed E-state index contributed by atoms with van der Waals surface area (Å²) in [5, 5.41) is 9.23. The van der Waals surface area contributed by atoms with E-state index in [2.05, 4.69) is 4.98 Å². The normalized spacial score (nSPS) is 20.4. The highest BCUT2D eigenvalue weighted by Gasteiger charge is 2.41. The number of hydrogen-bond donors (Lipinski definition) is 1. The molecule has 0 bridgehead atoms. The van der Waals surface area contributed by atoms with Crippen LogP contribution in [0.1, 0.15) is 66.4 Å². The molecular weight excluding hydrogens is 573 g/mol. The summed E-state index contributed by atoms with van der Waals surface area (Å²) < 4.78 is 103. The van der Waals surface area contributed by atoms with E-state index in [1.807, 2.05) is 0 Å².